The van der Waals surface area contributed by atoms with Crippen LogP contribution in [0.5, 0.6) is 0 Å². The Morgan fingerprint density at radius 3 is 1.93 bits per heavy atom. The molecule has 1 unspecified atom stereocenters. The van der Waals surface area contributed by atoms with Gasteiger partial charge in [-0.3, -0.25) is 0 Å². The van der Waals surface area contributed by atoms with Crippen molar-refractivity contribution in [2.24, 2.45) is 17.8 Å². The zero-order chi connectivity index (χ0) is 10.2. The summed E-state index contributed by atoms with van der Waals surface area (Å²) in [5, 5.41) is -0.447. The SMILES string of the molecule is [B]C([B])(C)C1CCC2CCC(CC2)C1. The highest BCUT2D eigenvalue weighted by Crippen LogP contribution is 2.45. The molecule has 0 amide bonds. The van der Waals surface area contributed by atoms with Crippen molar-refractivity contribution in [1.82, 2.24) is 0 Å². The third-order valence-electron chi connectivity index (χ3n) is 4.39. The molecule has 2 heteroatoms. The average Bonchev–Trinajstić information content (AvgIpc) is 2.03. The second-order valence-corrected chi connectivity index (χ2v) is 5.76. The van der Waals surface area contributed by atoms with E-state index in [1.165, 1.54) is 44.9 Å². The van der Waals surface area contributed by atoms with Crippen LogP contribution < -0.4 is 0 Å². The Bertz CT molecular complexity index is 187. The van der Waals surface area contributed by atoms with Gasteiger partial charge in [-0.1, -0.05) is 56.6 Å². The Labute approximate surface area is 91.0 Å². The van der Waals surface area contributed by atoms with Crippen molar-refractivity contribution in [2.75, 3.05) is 0 Å². The first-order chi connectivity index (χ1) is 6.55. The van der Waals surface area contributed by atoms with E-state index in [9.17, 15) is 0 Å². The van der Waals surface area contributed by atoms with Crippen LogP contribution in [0.2, 0.25) is 5.21 Å². The Morgan fingerprint density at radius 2 is 1.36 bits per heavy atom. The summed E-state index contributed by atoms with van der Waals surface area (Å²) in [6.45, 7) is 1.99. The average molecular weight is 186 g/mol. The lowest BCUT2D eigenvalue weighted by Crippen LogP contribution is -2.29. The Hall–Kier alpha value is 0.130. The molecule has 0 aliphatic heterocycles. The fourth-order valence-corrected chi connectivity index (χ4v) is 3.28. The molecule has 0 aromatic heterocycles. The fraction of sp³-hybridized carbons (Fsp3) is 1.00. The molecule has 3 aliphatic rings. The molecule has 0 N–H and O–H groups in total. The van der Waals surface area contributed by atoms with E-state index in [4.69, 9.17) is 15.7 Å². The van der Waals surface area contributed by atoms with E-state index in [1.54, 1.807) is 0 Å². The van der Waals surface area contributed by atoms with E-state index in [1.807, 2.05) is 6.92 Å². The summed E-state index contributed by atoms with van der Waals surface area (Å²) in [4.78, 5) is 0. The van der Waals surface area contributed by atoms with Gasteiger partial charge in [-0.25, -0.2) is 0 Å². The smallest absolute Gasteiger partial charge is 0.0620 e. The summed E-state index contributed by atoms with van der Waals surface area (Å²) in [6.07, 6.45) is 9.67. The normalized spacial score (nSPS) is 39.1. The van der Waals surface area contributed by atoms with Crippen LogP contribution in [0, 0.1) is 17.8 Å². The molecule has 0 heterocycles. The van der Waals surface area contributed by atoms with E-state index in [0.717, 1.165) is 11.8 Å². The van der Waals surface area contributed by atoms with Gasteiger partial charge in [0.05, 0.1) is 15.7 Å². The molecule has 3 saturated carbocycles. The largest absolute Gasteiger partial charge is 0.0990 e. The maximum Gasteiger partial charge on any atom is 0.0620 e. The van der Waals surface area contributed by atoms with Crippen LogP contribution in [0.3, 0.4) is 0 Å². The minimum absolute atomic E-state index is 0.447. The highest BCUT2D eigenvalue weighted by Gasteiger charge is 2.32. The van der Waals surface area contributed by atoms with Gasteiger partial charge < -0.3 is 0 Å². The van der Waals surface area contributed by atoms with Gasteiger partial charge in [0.15, 0.2) is 0 Å². The van der Waals surface area contributed by atoms with Crippen LogP contribution in [0.25, 0.3) is 0 Å². The van der Waals surface area contributed by atoms with E-state index >= 15 is 0 Å². The number of rotatable bonds is 1. The maximum atomic E-state index is 6.04. The summed E-state index contributed by atoms with van der Waals surface area (Å²) in [5.41, 5.74) is 0. The summed E-state index contributed by atoms with van der Waals surface area (Å²) >= 11 is 0. The van der Waals surface area contributed by atoms with E-state index in [-0.39, 0.29) is 0 Å². The van der Waals surface area contributed by atoms with Gasteiger partial charge in [-0.2, -0.15) is 0 Å². The molecule has 14 heavy (non-hydrogen) atoms. The van der Waals surface area contributed by atoms with Crippen molar-refractivity contribution in [3.8, 4) is 0 Å². The van der Waals surface area contributed by atoms with E-state index in [0.29, 0.717) is 5.92 Å². The van der Waals surface area contributed by atoms with Gasteiger partial charge in [0, 0.05) is 0 Å². The van der Waals surface area contributed by atoms with Crippen LogP contribution >= 0.6 is 0 Å². The van der Waals surface area contributed by atoms with Crippen LogP contribution in [-0.4, -0.2) is 15.7 Å². The number of fused-ring (bicyclic) bond motifs is 5. The molecule has 0 nitrogen and oxygen atoms in total. The molecular formula is C12H20B2. The third-order valence-corrected chi connectivity index (χ3v) is 4.39. The summed E-state index contributed by atoms with van der Waals surface area (Å²) in [7, 11) is 12.1. The minimum atomic E-state index is -0.447. The van der Waals surface area contributed by atoms with Gasteiger partial charge in [0.1, 0.15) is 0 Å². The van der Waals surface area contributed by atoms with Crippen molar-refractivity contribution in [3.63, 3.8) is 0 Å². The first-order valence-corrected chi connectivity index (χ1v) is 6.13. The standard InChI is InChI=1S/C12H20B2/c1-12(13,14)11-7-6-9-2-4-10(8-11)5-3-9/h9-11H,2-8H2,1H3. The highest BCUT2D eigenvalue weighted by atomic mass is 14.3. The molecule has 0 aromatic rings. The zero-order valence-electron chi connectivity index (χ0n) is 9.34. The summed E-state index contributed by atoms with van der Waals surface area (Å²) in [6, 6.07) is 0. The molecule has 2 bridgehead atoms. The van der Waals surface area contributed by atoms with Gasteiger partial charge >= 0.3 is 0 Å². The maximum absolute atomic E-state index is 6.04. The first-order valence-electron chi connectivity index (χ1n) is 6.13. The third kappa shape index (κ3) is 2.38. The van der Waals surface area contributed by atoms with Gasteiger partial charge in [0.25, 0.3) is 0 Å². The van der Waals surface area contributed by atoms with Crippen LogP contribution in [-0.2, 0) is 0 Å². The van der Waals surface area contributed by atoms with Crippen LogP contribution in [0.4, 0.5) is 0 Å². The molecule has 3 fully saturated rings. The van der Waals surface area contributed by atoms with Crippen molar-refractivity contribution in [3.05, 3.63) is 0 Å². The van der Waals surface area contributed by atoms with Crippen molar-refractivity contribution >= 4 is 15.7 Å². The fourth-order valence-electron chi connectivity index (χ4n) is 3.28. The predicted molar refractivity (Wildman–Crippen MR) is 62.7 cm³/mol. The second-order valence-electron chi connectivity index (χ2n) is 5.76. The predicted octanol–water partition coefficient (Wildman–Crippen LogP) is 3.07. The molecule has 0 saturated heterocycles. The van der Waals surface area contributed by atoms with Gasteiger partial charge in [-0.05, 0) is 18.3 Å². The lowest BCUT2D eigenvalue weighted by Gasteiger charge is -2.41. The Morgan fingerprint density at radius 1 is 0.857 bits per heavy atom. The van der Waals surface area contributed by atoms with Crippen LogP contribution in [0.1, 0.15) is 51.9 Å². The van der Waals surface area contributed by atoms with Crippen molar-refractivity contribution in [2.45, 2.75) is 57.1 Å². The summed E-state index contributed by atoms with van der Waals surface area (Å²) < 4.78 is 0. The molecule has 74 valence electrons. The molecule has 3 aliphatic carbocycles. The zero-order valence-corrected chi connectivity index (χ0v) is 9.34. The van der Waals surface area contributed by atoms with E-state index < -0.39 is 5.21 Å². The number of hydrogen-bond acceptors (Lipinski definition) is 0. The lowest BCUT2D eigenvalue weighted by atomic mass is 9.46. The molecule has 1 atom stereocenters. The monoisotopic (exact) mass is 186 g/mol. The topological polar surface area (TPSA) is 0 Å². The Kier molecular flexibility index (Phi) is 3.00. The molecule has 3 rings (SSSR count). The second kappa shape index (κ2) is 3.94. The molecular weight excluding hydrogens is 166 g/mol. The lowest BCUT2D eigenvalue weighted by molar-refractivity contribution is 0.169. The molecule has 0 aromatic carbocycles. The first kappa shape index (κ1) is 10.6. The molecule has 4 radical (unpaired) electrons. The van der Waals surface area contributed by atoms with Crippen molar-refractivity contribution in [1.29, 1.82) is 0 Å². The highest BCUT2D eigenvalue weighted by molar-refractivity contribution is 6.39. The van der Waals surface area contributed by atoms with Gasteiger partial charge in [0.2, 0.25) is 0 Å². The van der Waals surface area contributed by atoms with Gasteiger partial charge in [-0.15, -0.1) is 0 Å². The van der Waals surface area contributed by atoms with E-state index in [2.05, 4.69) is 0 Å². The number of hydrogen-bond donors (Lipinski definition) is 0. The molecule has 0 spiro atoms. The quantitative estimate of drug-likeness (QED) is 0.552. The van der Waals surface area contributed by atoms with Crippen LogP contribution in [0.15, 0.2) is 0 Å². The minimum Gasteiger partial charge on any atom is -0.0990 e. The Balaban J connectivity index is 2.01. The summed E-state index contributed by atoms with van der Waals surface area (Å²) in [5.74, 6) is 2.45. The van der Waals surface area contributed by atoms with Crippen molar-refractivity contribution < 1.29 is 0 Å².